The van der Waals surface area contributed by atoms with E-state index >= 15 is 0 Å². The molecule has 1 unspecified atom stereocenters. The average Bonchev–Trinajstić information content (AvgIpc) is 2.91. The number of carbonyl (C=O) groups excluding carboxylic acids is 2. The zero-order valence-corrected chi connectivity index (χ0v) is 25.8. The number of hydrogen-bond donors (Lipinski definition) is 1. The molecule has 0 saturated carbocycles. The lowest BCUT2D eigenvalue weighted by Crippen LogP contribution is -2.53. The van der Waals surface area contributed by atoms with E-state index in [2.05, 4.69) is 21.2 Å². The molecular formula is C30H36BrN3O5S. The predicted octanol–water partition coefficient (Wildman–Crippen LogP) is 5.29. The summed E-state index contributed by atoms with van der Waals surface area (Å²) in [6.45, 7) is 6.99. The maximum absolute atomic E-state index is 14.1. The number of carbonyl (C=O) groups is 2. The van der Waals surface area contributed by atoms with Crippen LogP contribution < -0.4 is 14.4 Å². The van der Waals surface area contributed by atoms with E-state index in [9.17, 15) is 18.0 Å². The summed E-state index contributed by atoms with van der Waals surface area (Å²) in [7, 11) is -2.57. The van der Waals surface area contributed by atoms with Crippen molar-refractivity contribution < 1.29 is 22.7 Å². The summed E-state index contributed by atoms with van der Waals surface area (Å²) >= 11 is 3.41. The van der Waals surface area contributed by atoms with Gasteiger partial charge < -0.3 is 15.0 Å². The Labute approximate surface area is 245 Å². The van der Waals surface area contributed by atoms with E-state index in [4.69, 9.17) is 4.74 Å². The quantitative estimate of drug-likeness (QED) is 0.294. The van der Waals surface area contributed by atoms with Crippen molar-refractivity contribution in [2.75, 3.05) is 18.0 Å². The van der Waals surface area contributed by atoms with Crippen molar-refractivity contribution in [3.05, 3.63) is 88.4 Å². The smallest absolute Gasteiger partial charge is 0.264 e. The number of sulfonamides is 1. The number of anilines is 1. The van der Waals surface area contributed by atoms with Gasteiger partial charge in [0.2, 0.25) is 11.8 Å². The molecule has 10 heteroatoms. The normalized spacial score (nSPS) is 12.1. The Morgan fingerprint density at radius 3 is 2.27 bits per heavy atom. The highest BCUT2D eigenvalue weighted by Crippen LogP contribution is 2.27. The highest BCUT2D eigenvalue weighted by atomic mass is 79.9. The second-order valence-electron chi connectivity index (χ2n) is 9.77. The molecule has 2 amide bonds. The lowest BCUT2D eigenvalue weighted by atomic mass is 10.1. The summed E-state index contributed by atoms with van der Waals surface area (Å²) in [4.78, 5) is 28.8. The Bertz CT molecular complexity index is 1430. The fourth-order valence-electron chi connectivity index (χ4n) is 4.27. The number of aryl methyl sites for hydroxylation is 1. The number of amides is 2. The lowest BCUT2D eigenvalue weighted by Gasteiger charge is -2.33. The number of methoxy groups -OCH3 is 1. The number of benzene rings is 3. The molecule has 0 heterocycles. The first-order chi connectivity index (χ1) is 19.0. The first kappa shape index (κ1) is 31.2. The molecule has 0 aliphatic carbocycles. The van der Waals surface area contributed by atoms with Crippen LogP contribution in [0.25, 0.3) is 0 Å². The minimum Gasteiger partial charge on any atom is -0.497 e. The topological polar surface area (TPSA) is 96.0 Å². The van der Waals surface area contributed by atoms with Crippen molar-refractivity contribution in [3.8, 4) is 5.75 Å². The Balaban J connectivity index is 2.07. The molecule has 0 bridgehead atoms. The maximum Gasteiger partial charge on any atom is 0.264 e. The van der Waals surface area contributed by atoms with Crippen LogP contribution >= 0.6 is 15.9 Å². The Hall–Kier alpha value is -3.37. The van der Waals surface area contributed by atoms with Gasteiger partial charge in [-0.05, 0) is 75.2 Å². The minimum absolute atomic E-state index is 0.0646. The minimum atomic E-state index is -4.13. The summed E-state index contributed by atoms with van der Waals surface area (Å²) in [5.74, 6) is -0.198. The molecule has 1 N–H and O–H groups in total. The number of nitrogens with zero attached hydrogens (tertiary/aromatic N) is 2. The number of ether oxygens (including phenoxy) is 1. The van der Waals surface area contributed by atoms with Crippen LogP contribution in [-0.4, -0.2) is 50.9 Å². The van der Waals surface area contributed by atoms with Crippen molar-refractivity contribution in [1.82, 2.24) is 10.2 Å². The highest BCUT2D eigenvalue weighted by molar-refractivity contribution is 9.10. The van der Waals surface area contributed by atoms with Crippen LogP contribution in [0.5, 0.6) is 5.75 Å². The van der Waals surface area contributed by atoms with E-state index in [1.807, 2.05) is 39.8 Å². The molecule has 1 atom stereocenters. The molecule has 0 fully saturated rings. The summed E-state index contributed by atoms with van der Waals surface area (Å²) < 4.78 is 34.9. The molecule has 0 radical (unpaired) electrons. The van der Waals surface area contributed by atoms with Crippen LogP contribution in [0.1, 0.15) is 38.3 Å². The van der Waals surface area contributed by atoms with Crippen molar-refractivity contribution in [3.63, 3.8) is 0 Å². The van der Waals surface area contributed by atoms with Gasteiger partial charge in [-0.2, -0.15) is 0 Å². The monoisotopic (exact) mass is 629 g/mol. The third kappa shape index (κ3) is 7.85. The number of rotatable bonds is 12. The fraction of sp³-hybridized carbons (Fsp3) is 0.333. The zero-order chi connectivity index (χ0) is 29.4. The van der Waals surface area contributed by atoms with Crippen molar-refractivity contribution in [2.45, 2.75) is 57.6 Å². The number of hydrogen-bond acceptors (Lipinski definition) is 5. The average molecular weight is 631 g/mol. The molecule has 0 aliphatic rings. The highest BCUT2D eigenvalue weighted by Gasteiger charge is 2.34. The first-order valence-electron chi connectivity index (χ1n) is 13.0. The van der Waals surface area contributed by atoms with Crippen LogP contribution in [0, 0.1) is 6.92 Å². The van der Waals surface area contributed by atoms with Gasteiger partial charge >= 0.3 is 0 Å². The standard InChI is InChI=1S/C30H36BrN3O5S/c1-6-28(30(36)32-21(2)3)33(19-23-9-7-12-26(17-23)39-5)29(35)20-34(25-11-8-10-24(31)18-25)40(37,38)27-15-13-22(4)14-16-27/h7-18,21,28H,6,19-20H2,1-5H3,(H,32,36). The number of halogens is 1. The maximum atomic E-state index is 14.1. The molecule has 0 spiro atoms. The molecule has 40 heavy (non-hydrogen) atoms. The summed E-state index contributed by atoms with van der Waals surface area (Å²) in [5.41, 5.74) is 1.98. The number of nitrogens with one attached hydrogen (secondary N) is 1. The molecule has 3 rings (SSSR count). The Morgan fingerprint density at radius 2 is 1.68 bits per heavy atom. The Morgan fingerprint density at radius 1 is 1.00 bits per heavy atom. The third-order valence-electron chi connectivity index (χ3n) is 6.29. The van der Waals surface area contributed by atoms with Crippen molar-refractivity contribution in [1.29, 1.82) is 0 Å². The first-order valence-corrected chi connectivity index (χ1v) is 15.3. The lowest BCUT2D eigenvalue weighted by molar-refractivity contribution is -0.140. The van der Waals surface area contributed by atoms with Crippen LogP contribution in [0.2, 0.25) is 0 Å². The van der Waals surface area contributed by atoms with Crippen molar-refractivity contribution >= 4 is 43.5 Å². The molecule has 0 aromatic heterocycles. The van der Waals surface area contributed by atoms with Crippen LogP contribution in [-0.2, 0) is 26.2 Å². The third-order valence-corrected chi connectivity index (χ3v) is 8.57. The van der Waals surface area contributed by atoms with Gasteiger partial charge in [0.15, 0.2) is 0 Å². The van der Waals surface area contributed by atoms with E-state index in [-0.39, 0.29) is 23.4 Å². The van der Waals surface area contributed by atoms with E-state index < -0.39 is 28.5 Å². The van der Waals surface area contributed by atoms with Gasteiger partial charge in [0.1, 0.15) is 18.3 Å². The fourth-order valence-corrected chi connectivity index (χ4v) is 6.06. The molecular weight excluding hydrogens is 594 g/mol. The van der Waals surface area contributed by atoms with Gasteiger partial charge in [0.05, 0.1) is 17.7 Å². The Kier molecular flexibility index (Phi) is 10.8. The molecule has 3 aromatic carbocycles. The van der Waals surface area contributed by atoms with E-state index in [1.165, 1.54) is 17.0 Å². The van der Waals surface area contributed by atoms with Gasteiger partial charge in [-0.25, -0.2) is 8.42 Å². The molecule has 0 saturated heterocycles. The second-order valence-corrected chi connectivity index (χ2v) is 12.5. The summed E-state index contributed by atoms with van der Waals surface area (Å²) in [6.07, 6.45) is 0.343. The van der Waals surface area contributed by atoms with Gasteiger partial charge in [0, 0.05) is 17.1 Å². The zero-order valence-electron chi connectivity index (χ0n) is 23.4. The van der Waals surface area contributed by atoms with Gasteiger partial charge in [-0.3, -0.25) is 13.9 Å². The predicted molar refractivity (Wildman–Crippen MR) is 161 cm³/mol. The molecule has 3 aromatic rings. The van der Waals surface area contributed by atoms with Crippen LogP contribution in [0.4, 0.5) is 5.69 Å². The largest absolute Gasteiger partial charge is 0.497 e. The van der Waals surface area contributed by atoms with E-state index in [0.717, 1.165) is 15.4 Å². The second kappa shape index (κ2) is 13.8. The summed E-state index contributed by atoms with van der Waals surface area (Å²) in [6, 6.07) is 19.5. The molecule has 0 aliphatic heterocycles. The van der Waals surface area contributed by atoms with Gasteiger partial charge in [-0.1, -0.05) is 58.7 Å². The summed E-state index contributed by atoms with van der Waals surface area (Å²) in [5, 5.41) is 2.90. The van der Waals surface area contributed by atoms with E-state index in [0.29, 0.717) is 22.3 Å². The van der Waals surface area contributed by atoms with Gasteiger partial charge in [0.25, 0.3) is 10.0 Å². The van der Waals surface area contributed by atoms with Crippen LogP contribution in [0.15, 0.2) is 82.2 Å². The SMILES string of the molecule is CCC(C(=O)NC(C)C)N(Cc1cccc(OC)c1)C(=O)CN(c1cccc(Br)c1)S(=O)(=O)c1ccc(C)cc1. The van der Waals surface area contributed by atoms with Crippen molar-refractivity contribution in [2.24, 2.45) is 0 Å². The van der Waals surface area contributed by atoms with E-state index in [1.54, 1.807) is 55.6 Å². The van der Waals surface area contributed by atoms with Crippen LogP contribution in [0.3, 0.4) is 0 Å². The molecule has 214 valence electrons. The molecule has 8 nitrogen and oxygen atoms in total. The van der Waals surface area contributed by atoms with Gasteiger partial charge in [-0.15, -0.1) is 0 Å².